The molecular formula is C22H28N4O3S. The molecule has 0 saturated carbocycles. The molecule has 1 aromatic heterocycles. The number of primary sulfonamides is 1. The normalized spacial score (nSPS) is 14.2. The van der Waals surface area contributed by atoms with Gasteiger partial charge in [0, 0.05) is 18.8 Å². The minimum Gasteiger partial charge on any atom is -0.497 e. The number of unbranched alkanes of at least 4 members (excludes halogenated alkanes) is 1. The number of methoxy groups -OCH3 is 1. The van der Waals surface area contributed by atoms with Crippen molar-refractivity contribution in [3.05, 3.63) is 47.8 Å². The van der Waals surface area contributed by atoms with Crippen molar-refractivity contribution in [1.82, 2.24) is 9.55 Å². The van der Waals surface area contributed by atoms with E-state index in [1.54, 1.807) is 19.2 Å². The molecule has 30 heavy (non-hydrogen) atoms. The molecule has 2 aromatic carbocycles. The molecule has 0 unspecified atom stereocenters. The number of benzene rings is 2. The lowest BCUT2D eigenvalue weighted by Crippen LogP contribution is -2.30. The highest BCUT2D eigenvalue weighted by atomic mass is 32.2. The number of imidazole rings is 1. The van der Waals surface area contributed by atoms with Gasteiger partial charge in [-0.25, -0.2) is 18.5 Å². The van der Waals surface area contributed by atoms with Crippen LogP contribution in [0.15, 0.2) is 41.3 Å². The number of fused-ring (bicyclic) bond motifs is 2. The van der Waals surface area contributed by atoms with Gasteiger partial charge in [-0.3, -0.25) is 0 Å². The van der Waals surface area contributed by atoms with Crippen molar-refractivity contribution in [3.63, 3.8) is 0 Å². The number of aryl methyl sites for hydroxylation is 2. The Balaban J connectivity index is 1.73. The third kappa shape index (κ3) is 4.02. The van der Waals surface area contributed by atoms with Gasteiger partial charge in [-0.1, -0.05) is 13.3 Å². The van der Waals surface area contributed by atoms with Crippen molar-refractivity contribution in [2.45, 2.75) is 50.6 Å². The predicted molar refractivity (Wildman–Crippen MR) is 118 cm³/mol. The highest BCUT2D eigenvalue weighted by Crippen LogP contribution is 2.32. The van der Waals surface area contributed by atoms with Crippen LogP contribution in [-0.4, -0.2) is 31.6 Å². The Hall–Kier alpha value is -2.58. The van der Waals surface area contributed by atoms with Crippen molar-refractivity contribution in [2.24, 2.45) is 5.14 Å². The van der Waals surface area contributed by atoms with Crippen LogP contribution in [0.25, 0.3) is 11.0 Å². The highest BCUT2D eigenvalue weighted by molar-refractivity contribution is 7.89. The van der Waals surface area contributed by atoms with E-state index in [2.05, 4.69) is 28.5 Å². The fraction of sp³-hybridized carbons (Fsp3) is 0.409. The second-order valence-electron chi connectivity index (χ2n) is 7.75. The summed E-state index contributed by atoms with van der Waals surface area (Å²) in [6.45, 7) is 4.63. The van der Waals surface area contributed by atoms with Gasteiger partial charge >= 0.3 is 0 Å². The zero-order valence-electron chi connectivity index (χ0n) is 17.5. The maximum absolute atomic E-state index is 11.8. The van der Waals surface area contributed by atoms with Gasteiger partial charge in [-0.15, -0.1) is 0 Å². The number of sulfonamides is 1. The number of anilines is 1. The molecule has 0 fully saturated rings. The SMILES string of the molecule is CCCCn1c(CN2CCCc3cc(OC)ccc32)nc2cc(S(N)(=O)=O)ccc21. The molecule has 0 amide bonds. The Bertz CT molecular complexity index is 1170. The van der Waals surface area contributed by atoms with Crippen LogP contribution in [0, 0.1) is 0 Å². The fourth-order valence-corrected chi connectivity index (χ4v) is 4.67. The maximum Gasteiger partial charge on any atom is 0.238 e. The monoisotopic (exact) mass is 428 g/mol. The fourth-order valence-electron chi connectivity index (χ4n) is 4.14. The lowest BCUT2D eigenvalue weighted by Gasteiger charge is -2.31. The van der Waals surface area contributed by atoms with Gasteiger partial charge < -0.3 is 14.2 Å². The van der Waals surface area contributed by atoms with Gasteiger partial charge in [0.2, 0.25) is 10.0 Å². The molecule has 0 spiro atoms. The van der Waals surface area contributed by atoms with Gasteiger partial charge in [-0.05, 0) is 61.2 Å². The van der Waals surface area contributed by atoms with Crippen LogP contribution >= 0.6 is 0 Å². The molecule has 0 radical (unpaired) electrons. The number of hydrogen-bond acceptors (Lipinski definition) is 5. The third-order valence-electron chi connectivity index (χ3n) is 5.70. The molecule has 7 nitrogen and oxygen atoms in total. The van der Waals surface area contributed by atoms with E-state index >= 15 is 0 Å². The molecule has 8 heteroatoms. The second kappa shape index (κ2) is 8.28. The number of rotatable bonds is 7. The van der Waals surface area contributed by atoms with Crippen molar-refractivity contribution in [2.75, 3.05) is 18.6 Å². The largest absolute Gasteiger partial charge is 0.497 e. The summed E-state index contributed by atoms with van der Waals surface area (Å²) in [7, 11) is -2.07. The molecule has 2 N–H and O–H groups in total. The number of hydrogen-bond donors (Lipinski definition) is 1. The summed E-state index contributed by atoms with van der Waals surface area (Å²) in [6, 6.07) is 11.2. The van der Waals surface area contributed by atoms with Gasteiger partial charge in [0.15, 0.2) is 0 Å². The summed E-state index contributed by atoms with van der Waals surface area (Å²) < 4.78 is 31.1. The second-order valence-corrected chi connectivity index (χ2v) is 9.31. The lowest BCUT2D eigenvalue weighted by atomic mass is 10.0. The molecule has 160 valence electrons. The van der Waals surface area contributed by atoms with Crippen LogP contribution in [-0.2, 0) is 29.5 Å². The summed E-state index contributed by atoms with van der Waals surface area (Å²) in [4.78, 5) is 7.26. The number of ether oxygens (including phenoxy) is 1. The molecule has 0 bridgehead atoms. The van der Waals surface area contributed by atoms with E-state index in [0.717, 1.165) is 55.9 Å². The van der Waals surface area contributed by atoms with Crippen LogP contribution in [0.3, 0.4) is 0 Å². The summed E-state index contributed by atoms with van der Waals surface area (Å²) in [5.74, 6) is 1.81. The van der Waals surface area contributed by atoms with Gasteiger partial charge in [0.05, 0.1) is 29.6 Å². The molecule has 1 aliphatic heterocycles. The molecule has 0 saturated heterocycles. The van der Waals surface area contributed by atoms with E-state index in [1.165, 1.54) is 11.3 Å². The third-order valence-corrected chi connectivity index (χ3v) is 6.61. The van der Waals surface area contributed by atoms with E-state index in [9.17, 15) is 8.42 Å². The Morgan fingerprint density at radius 2 is 2.03 bits per heavy atom. The van der Waals surface area contributed by atoms with Gasteiger partial charge in [0.25, 0.3) is 0 Å². The summed E-state index contributed by atoms with van der Waals surface area (Å²) in [5.41, 5.74) is 4.10. The van der Waals surface area contributed by atoms with Crippen LogP contribution in [0.4, 0.5) is 5.69 Å². The first-order valence-electron chi connectivity index (χ1n) is 10.3. The van der Waals surface area contributed by atoms with Crippen molar-refractivity contribution >= 4 is 26.7 Å². The van der Waals surface area contributed by atoms with E-state index in [1.807, 2.05) is 12.1 Å². The van der Waals surface area contributed by atoms with Crippen LogP contribution in [0.2, 0.25) is 0 Å². The van der Waals surface area contributed by atoms with E-state index in [0.29, 0.717) is 12.1 Å². The molecule has 0 aliphatic carbocycles. The van der Waals surface area contributed by atoms with Crippen molar-refractivity contribution in [1.29, 1.82) is 0 Å². The average Bonchev–Trinajstić information content (AvgIpc) is 3.07. The van der Waals surface area contributed by atoms with Crippen molar-refractivity contribution < 1.29 is 13.2 Å². The molecule has 3 aromatic rings. The minimum atomic E-state index is -3.76. The van der Waals surface area contributed by atoms with Crippen LogP contribution < -0.4 is 14.8 Å². The standard InChI is InChI=1S/C22H28N4O3S/c1-3-4-12-26-21-10-8-18(30(23,27)28)14-19(21)24-22(26)15-25-11-5-6-16-13-17(29-2)7-9-20(16)25/h7-10,13-14H,3-6,11-12,15H2,1-2H3,(H2,23,27,28). The number of aromatic nitrogens is 2. The molecular weight excluding hydrogens is 400 g/mol. The molecule has 1 aliphatic rings. The average molecular weight is 429 g/mol. The Morgan fingerprint density at radius 1 is 1.20 bits per heavy atom. The first-order chi connectivity index (χ1) is 14.4. The number of nitrogens with zero attached hydrogens (tertiary/aromatic N) is 3. The first-order valence-corrected chi connectivity index (χ1v) is 11.9. The molecule has 2 heterocycles. The Morgan fingerprint density at radius 3 is 2.77 bits per heavy atom. The smallest absolute Gasteiger partial charge is 0.238 e. The van der Waals surface area contributed by atoms with Crippen LogP contribution in [0.5, 0.6) is 5.75 Å². The Labute approximate surface area is 177 Å². The van der Waals surface area contributed by atoms with Crippen LogP contribution in [0.1, 0.15) is 37.6 Å². The topological polar surface area (TPSA) is 90.4 Å². The summed E-state index contributed by atoms with van der Waals surface area (Å²) >= 11 is 0. The maximum atomic E-state index is 11.8. The van der Waals surface area contributed by atoms with E-state index in [-0.39, 0.29) is 4.90 Å². The van der Waals surface area contributed by atoms with Gasteiger partial charge in [0.1, 0.15) is 11.6 Å². The zero-order valence-corrected chi connectivity index (χ0v) is 18.3. The quantitative estimate of drug-likeness (QED) is 0.622. The van der Waals surface area contributed by atoms with Gasteiger partial charge in [-0.2, -0.15) is 0 Å². The Kier molecular flexibility index (Phi) is 5.71. The van der Waals surface area contributed by atoms with E-state index < -0.39 is 10.0 Å². The van der Waals surface area contributed by atoms with E-state index in [4.69, 9.17) is 14.9 Å². The van der Waals surface area contributed by atoms with Crippen molar-refractivity contribution in [3.8, 4) is 5.75 Å². The molecule has 4 rings (SSSR count). The lowest BCUT2D eigenvalue weighted by molar-refractivity contribution is 0.414. The first kappa shape index (κ1) is 20.7. The summed E-state index contributed by atoms with van der Waals surface area (Å²) in [6.07, 6.45) is 4.21. The minimum absolute atomic E-state index is 0.0945. The molecule has 0 atom stereocenters. The zero-order chi connectivity index (χ0) is 21.3. The predicted octanol–water partition coefficient (Wildman–Crippen LogP) is 3.45. The number of nitrogens with two attached hydrogens (primary N) is 1. The highest BCUT2D eigenvalue weighted by Gasteiger charge is 2.21. The summed E-state index contributed by atoms with van der Waals surface area (Å²) in [5, 5.41) is 5.32.